The predicted molar refractivity (Wildman–Crippen MR) is 80.5 cm³/mol. The Bertz CT molecular complexity index is 549. The summed E-state index contributed by atoms with van der Waals surface area (Å²) < 4.78 is 5.13. The summed E-state index contributed by atoms with van der Waals surface area (Å²) in [6, 6.07) is 9.92. The van der Waals surface area contributed by atoms with Crippen LogP contribution in [0, 0.1) is 17.2 Å². The van der Waals surface area contributed by atoms with Gasteiger partial charge in [-0.25, -0.2) is 0 Å². The highest BCUT2D eigenvalue weighted by molar-refractivity contribution is 5.82. The number of carbonyl (C=O) groups is 1. The van der Waals surface area contributed by atoms with E-state index in [0.717, 1.165) is 24.1 Å². The number of anilines is 1. The third kappa shape index (κ3) is 3.96. The highest BCUT2D eigenvalue weighted by atomic mass is 16.5. The normalized spacial score (nSPS) is 16.6. The first kappa shape index (κ1) is 15.3. The summed E-state index contributed by atoms with van der Waals surface area (Å²) in [7, 11) is 1.64. The van der Waals surface area contributed by atoms with Gasteiger partial charge in [0.05, 0.1) is 19.2 Å². The lowest BCUT2D eigenvalue weighted by atomic mass is 9.98. The first-order chi connectivity index (χ1) is 10.1. The number of methoxy groups -OCH3 is 1. The Balaban J connectivity index is 1.91. The van der Waals surface area contributed by atoms with Crippen molar-refractivity contribution in [1.29, 1.82) is 5.26 Å². The van der Waals surface area contributed by atoms with Crippen LogP contribution < -0.4 is 10.6 Å². The van der Waals surface area contributed by atoms with Gasteiger partial charge in [0.25, 0.3) is 0 Å². The summed E-state index contributed by atoms with van der Waals surface area (Å²) in [4.78, 5) is 12.0. The van der Waals surface area contributed by atoms with Crippen LogP contribution in [-0.4, -0.2) is 25.1 Å². The number of para-hydroxylation sites is 1. The Morgan fingerprint density at radius 1 is 1.48 bits per heavy atom. The molecule has 0 bridgehead atoms. The van der Waals surface area contributed by atoms with E-state index in [1.165, 1.54) is 0 Å². The van der Waals surface area contributed by atoms with E-state index in [2.05, 4.69) is 16.7 Å². The number of amides is 1. The van der Waals surface area contributed by atoms with Crippen LogP contribution in [0.25, 0.3) is 0 Å². The van der Waals surface area contributed by atoms with Crippen molar-refractivity contribution in [3.8, 4) is 6.07 Å². The molecular weight excluding hydrogens is 266 g/mol. The monoisotopic (exact) mass is 287 g/mol. The summed E-state index contributed by atoms with van der Waals surface area (Å²) >= 11 is 0. The molecule has 0 heterocycles. The smallest absolute Gasteiger partial charge is 0.240 e. The van der Waals surface area contributed by atoms with E-state index < -0.39 is 5.54 Å². The lowest BCUT2D eigenvalue weighted by Gasteiger charge is -2.23. The molecule has 5 heteroatoms. The van der Waals surface area contributed by atoms with E-state index in [-0.39, 0.29) is 18.4 Å². The Labute approximate surface area is 125 Å². The van der Waals surface area contributed by atoms with Gasteiger partial charge in [-0.05, 0) is 31.7 Å². The molecule has 5 nitrogen and oxygen atoms in total. The van der Waals surface area contributed by atoms with E-state index in [1.807, 2.05) is 24.3 Å². The lowest BCUT2D eigenvalue weighted by Crippen LogP contribution is -2.48. The minimum absolute atomic E-state index is 0.144. The van der Waals surface area contributed by atoms with E-state index in [0.29, 0.717) is 6.61 Å². The molecule has 112 valence electrons. The molecule has 21 heavy (non-hydrogen) atoms. The van der Waals surface area contributed by atoms with Gasteiger partial charge in [0.2, 0.25) is 5.91 Å². The second-order valence-corrected chi connectivity index (χ2v) is 5.58. The zero-order valence-electron chi connectivity index (χ0n) is 12.5. The van der Waals surface area contributed by atoms with Gasteiger partial charge in [-0.15, -0.1) is 0 Å². The Kier molecular flexibility index (Phi) is 4.81. The number of benzene rings is 1. The number of nitrogens with one attached hydrogen (secondary N) is 2. The van der Waals surface area contributed by atoms with E-state index in [9.17, 15) is 10.1 Å². The van der Waals surface area contributed by atoms with Crippen LogP contribution in [0.4, 0.5) is 5.69 Å². The molecule has 2 N–H and O–H groups in total. The van der Waals surface area contributed by atoms with Gasteiger partial charge >= 0.3 is 0 Å². The quantitative estimate of drug-likeness (QED) is 0.805. The van der Waals surface area contributed by atoms with Gasteiger partial charge in [0.15, 0.2) is 0 Å². The van der Waals surface area contributed by atoms with Gasteiger partial charge in [0.1, 0.15) is 5.54 Å². The van der Waals surface area contributed by atoms with Gasteiger partial charge in [-0.3, -0.25) is 4.79 Å². The maximum Gasteiger partial charge on any atom is 0.240 e. The van der Waals surface area contributed by atoms with Crippen molar-refractivity contribution in [2.75, 3.05) is 19.0 Å². The summed E-state index contributed by atoms with van der Waals surface area (Å²) in [6.45, 7) is 2.43. The van der Waals surface area contributed by atoms with Crippen molar-refractivity contribution in [2.45, 2.75) is 31.9 Å². The average Bonchev–Trinajstić information content (AvgIpc) is 3.31. The fourth-order valence-corrected chi connectivity index (χ4v) is 2.37. The molecule has 1 aliphatic carbocycles. The highest BCUT2D eigenvalue weighted by Crippen LogP contribution is 2.39. The zero-order chi connectivity index (χ0) is 15.3. The minimum atomic E-state index is -0.745. The van der Waals surface area contributed by atoms with Crippen LogP contribution in [-0.2, 0) is 16.1 Å². The average molecular weight is 287 g/mol. The van der Waals surface area contributed by atoms with Gasteiger partial charge in [-0.2, -0.15) is 5.26 Å². The molecular formula is C16H21N3O2. The van der Waals surface area contributed by atoms with Crippen LogP contribution in [0.5, 0.6) is 0 Å². The van der Waals surface area contributed by atoms with Gasteiger partial charge in [-0.1, -0.05) is 18.2 Å². The minimum Gasteiger partial charge on any atom is -0.380 e. The molecule has 1 unspecified atom stereocenters. The Morgan fingerprint density at radius 2 is 2.19 bits per heavy atom. The molecule has 0 radical (unpaired) electrons. The highest BCUT2D eigenvalue weighted by Gasteiger charge is 2.42. The zero-order valence-corrected chi connectivity index (χ0v) is 12.5. The van der Waals surface area contributed by atoms with Crippen LogP contribution in [0.2, 0.25) is 0 Å². The number of hydrogen-bond acceptors (Lipinski definition) is 4. The molecule has 1 aromatic rings. The number of ether oxygens (including phenoxy) is 1. The van der Waals surface area contributed by atoms with E-state index >= 15 is 0 Å². The first-order valence-electron chi connectivity index (χ1n) is 7.12. The lowest BCUT2D eigenvalue weighted by molar-refractivity contribution is -0.120. The van der Waals surface area contributed by atoms with Crippen LogP contribution in [0.15, 0.2) is 24.3 Å². The largest absolute Gasteiger partial charge is 0.380 e. The molecule has 1 aromatic carbocycles. The van der Waals surface area contributed by atoms with Crippen molar-refractivity contribution in [3.05, 3.63) is 29.8 Å². The van der Waals surface area contributed by atoms with Crippen LogP contribution in [0.1, 0.15) is 25.3 Å². The first-order valence-corrected chi connectivity index (χ1v) is 7.12. The molecule has 0 aromatic heterocycles. The van der Waals surface area contributed by atoms with Crippen LogP contribution in [0.3, 0.4) is 0 Å². The molecule has 0 saturated heterocycles. The summed E-state index contributed by atoms with van der Waals surface area (Å²) in [5.41, 5.74) is 1.13. The van der Waals surface area contributed by atoms with Crippen LogP contribution >= 0.6 is 0 Å². The number of hydrogen-bond donors (Lipinski definition) is 2. The maximum atomic E-state index is 12.0. The van der Waals surface area contributed by atoms with Crippen molar-refractivity contribution < 1.29 is 9.53 Å². The molecule has 2 rings (SSSR count). The predicted octanol–water partition coefficient (Wildman–Crippen LogP) is 2.05. The fraction of sp³-hybridized carbons (Fsp3) is 0.500. The van der Waals surface area contributed by atoms with Crippen molar-refractivity contribution in [3.63, 3.8) is 0 Å². The van der Waals surface area contributed by atoms with Gasteiger partial charge in [0, 0.05) is 18.4 Å². The number of rotatable bonds is 7. The second-order valence-electron chi connectivity index (χ2n) is 5.58. The number of nitriles is 1. The SMILES string of the molecule is COCc1ccccc1NCC(=O)NC(C)(C#N)C1CC1. The summed E-state index contributed by atoms with van der Waals surface area (Å²) in [6.07, 6.45) is 2.02. The third-order valence-electron chi connectivity index (χ3n) is 3.78. The topological polar surface area (TPSA) is 74.2 Å². The molecule has 1 fully saturated rings. The van der Waals surface area contributed by atoms with Crippen molar-refractivity contribution in [1.82, 2.24) is 5.32 Å². The number of carbonyl (C=O) groups excluding carboxylic acids is 1. The Hall–Kier alpha value is -2.06. The second kappa shape index (κ2) is 6.59. The molecule has 0 aliphatic heterocycles. The third-order valence-corrected chi connectivity index (χ3v) is 3.78. The fourth-order valence-electron chi connectivity index (χ4n) is 2.37. The number of nitrogens with zero attached hydrogens (tertiary/aromatic N) is 1. The Morgan fingerprint density at radius 3 is 2.81 bits per heavy atom. The van der Waals surface area contributed by atoms with E-state index in [1.54, 1.807) is 14.0 Å². The van der Waals surface area contributed by atoms with Crippen molar-refractivity contribution >= 4 is 11.6 Å². The summed E-state index contributed by atoms with van der Waals surface area (Å²) in [5.74, 6) is 0.116. The van der Waals surface area contributed by atoms with Crippen molar-refractivity contribution in [2.24, 2.45) is 5.92 Å². The summed E-state index contributed by atoms with van der Waals surface area (Å²) in [5, 5.41) is 15.2. The maximum absolute atomic E-state index is 12.0. The molecule has 1 aliphatic rings. The molecule has 1 saturated carbocycles. The molecule has 1 atom stereocenters. The van der Waals surface area contributed by atoms with Gasteiger partial charge < -0.3 is 15.4 Å². The van der Waals surface area contributed by atoms with E-state index in [4.69, 9.17) is 4.74 Å². The standard InChI is InChI=1S/C16H21N3O2/c1-16(11-17,13-7-8-13)19-15(20)9-18-14-6-4-3-5-12(14)10-21-2/h3-6,13,18H,7-10H2,1-2H3,(H,19,20). The molecule has 1 amide bonds. The molecule has 0 spiro atoms.